The second-order valence-electron chi connectivity index (χ2n) is 4.02. The van der Waals surface area contributed by atoms with E-state index >= 15 is 0 Å². The summed E-state index contributed by atoms with van der Waals surface area (Å²) in [5, 5.41) is 3.31. The lowest BCUT2D eigenvalue weighted by Gasteiger charge is -2.35. The Morgan fingerprint density at radius 2 is 2.19 bits per heavy atom. The predicted molar refractivity (Wildman–Crippen MR) is 63.3 cm³/mol. The Morgan fingerprint density at radius 3 is 2.81 bits per heavy atom. The van der Waals surface area contributed by atoms with Gasteiger partial charge in [0.05, 0.1) is 22.5 Å². The molecule has 5 heteroatoms. The molecule has 0 unspecified atom stereocenters. The van der Waals surface area contributed by atoms with Crippen molar-refractivity contribution in [3.05, 3.63) is 23.0 Å². The molecular weight excluding hydrogens is 231 g/mol. The van der Waals surface area contributed by atoms with Crippen LogP contribution in [0.25, 0.3) is 0 Å². The highest BCUT2D eigenvalue weighted by Gasteiger charge is 2.29. The fourth-order valence-corrected chi connectivity index (χ4v) is 1.95. The lowest BCUT2D eigenvalue weighted by molar-refractivity contribution is 0.0329. The van der Waals surface area contributed by atoms with Crippen molar-refractivity contribution in [1.29, 1.82) is 0 Å². The Hall–Kier alpha value is -1.00. The average molecular weight is 245 g/mol. The summed E-state index contributed by atoms with van der Waals surface area (Å²) in [6, 6.07) is 3.08. The molecule has 88 valence electrons. The molecule has 1 saturated carbocycles. The number of rotatable bonds is 3. The third-order valence-electron chi connectivity index (χ3n) is 2.88. The minimum atomic E-state index is -0.493. The van der Waals surface area contributed by atoms with E-state index in [0.29, 0.717) is 23.5 Å². The zero-order valence-electron chi connectivity index (χ0n) is 8.97. The van der Waals surface area contributed by atoms with E-state index < -0.39 is 5.82 Å². The van der Waals surface area contributed by atoms with Crippen LogP contribution in [0.4, 0.5) is 15.8 Å². The number of anilines is 2. The van der Waals surface area contributed by atoms with Crippen molar-refractivity contribution in [1.82, 2.24) is 0 Å². The lowest BCUT2D eigenvalue weighted by Crippen LogP contribution is -2.40. The molecule has 0 heterocycles. The highest BCUT2D eigenvalue weighted by Crippen LogP contribution is 2.31. The van der Waals surface area contributed by atoms with Gasteiger partial charge in [-0.1, -0.05) is 11.6 Å². The molecule has 0 bridgehead atoms. The molecule has 1 aromatic rings. The monoisotopic (exact) mass is 244 g/mol. The first-order valence-corrected chi connectivity index (χ1v) is 5.51. The van der Waals surface area contributed by atoms with Gasteiger partial charge >= 0.3 is 0 Å². The molecule has 3 N–H and O–H groups in total. The molecule has 0 saturated heterocycles. The van der Waals surface area contributed by atoms with Crippen molar-refractivity contribution in [2.45, 2.75) is 25.0 Å². The average Bonchev–Trinajstić information content (AvgIpc) is 2.18. The summed E-state index contributed by atoms with van der Waals surface area (Å²) in [5.74, 6) is -0.493. The van der Waals surface area contributed by atoms with Gasteiger partial charge in [-0.25, -0.2) is 4.39 Å². The van der Waals surface area contributed by atoms with Crippen LogP contribution in [0.5, 0.6) is 0 Å². The third kappa shape index (κ3) is 2.23. The molecule has 1 fully saturated rings. The van der Waals surface area contributed by atoms with Crippen molar-refractivity contribution in [3.8, 4) is 0 Å². The van der Waals surface area contributed by atoms with E-state index in [-0.39, 0.29) is 5.02 Å². The lowest BCUT2D eigenvalue weighted by atomic mass is 9.89. The van der Waals surface area contributed by atoms with Gasteiger partial charge < -0.3 is 15.8 Å². The highest BCUT2D eigenvalue weighted by molar-refractivity contribution is 6.31. The van der Waals surface area contributed by atoms with E-state index in [4.69, 9.17) is 22.1 Å². The molecule has 16 heavy (non-hydrogen) atoms. The summed E-state index contributed by atoms with van der Waals surface area (Å²) in [5.41, 5.74) is 6.76. The highest BCUT2D eigenvalue weighted by atomic mass is 35.5. The molecule has 1 aromatic carbocycles. The molecule has 0 radical (unpaired) electrons. The Bertz CT molecular complexity index is 394. The van der Waals surface area contributed by atoms with E-state index in [9.17, 15) is 4.39 Å². The van der Waals surface area contributed by atoms with Crippen LogP contribution in [0.3, 0.4) is 0 Å². The molecule has 0 aliphatic heterocycles. The van der Waals surface area contributed by atoms with Crippen molar-refractivity contribution in [3.63, 3.8) is 0 Å². The first kappa shape index (κ1) is 11.5. The maximum Gasteiger partial charge on any atom is 0.143 e. The zero-order chi connectivity index (χ0) is 11.7. The van der Waals surface area contributed by atoms with Gasteiger partial charge in [-0.05, 0) is 18.9 Å². The predicted octanol–water partition coefficient (Wildman–Crippen LogP) is 2.65. The van der Waals surface area contributed by atoms with Crippen LogP contribution in [0, 0.1) is 5.82 Å². The number of nitrogen functional groups attached to an aromatic ring is 1. The Kier molecular flexibility index (Phi) is 3.21. The van der Waals surface area contributed by atoms with Gasteiger partial charge in [-0.2, -0.15) is 0 Å². The largest absolute Gasteiger partial charge is 0.397 e. The third-order valence-corrected chi connectivity index (χ3v) is 3.17. The second-order valence-corrected chi connectivity index (χ2v) is 4.43. The van der Waals surface area contributed by atoms with E-state index in [0.717, 1.165) is 12.8 Å². The summed E-state index contributed by atoms with van der Waals surface area (Å²) < 4.78 is 18.2. The van der Waals surface area contributed by atoms with Crippen molar-refractivity contribution >= 4 is 23.0 Å². The number of methoxy groups -OCH3 is 1. The molecule has 2 rings (SSSR count). The number of hydrogen-bond acceptors (Lipinski definition) is 3. The summed E-state index contributed by atoms with van der Waals surface area (Å²) in [6.07, 6.45) is 2.19. The minimum Gasteiger partial charge on any atom is -0.397 e. The van der Waals surface area contributed by atoms with Crippen LogP contribution in [0.2, 0.25) is 5.02 Å². The first-order chi connectivity index (χ1) is 7.60. The van der Waals surface area contributed by atoms with Gasteiger partial charge in [0.15, 0.2) is 0 Å². The number of benzene rings is 1. The van der Waals surface area contributed by atoms with Gasteiger partial charge in [0.2, 0.25) is 0 Å². The topological polar surface area (TPSA) is 47.3 Å². The molecule has 1 aliphatic rings. The number of hydrogen-bond donors (Lipinski definition) is 2. The van der Waals surface area contributed by atoms with E-state index in [1.54, 1.807) is 7.11 Å². The maximum atomic E-state index is 13.0. The second kappa shape index (κ2) is 4.47. The van der Waals surface area contributed by atoms with Crippen LogP contribution in [-0.4, -0.2) is 19.3 Å². The Labute approximate surface area is 98.7 Å². The van der Waals surface area contributed by atoms with Crippen molar-refractivity contribution in [2.24, 2.45) is 0 Å². The van der Waals surface area contributed by atoms with Gasteiger partial charge in [-0.3, -0.25) is 0 Å². The molecule has 1 aliphatic carbocycles. The van der Waals surface area contributed by atoms with Crippen molar-refractivity contribution < 1.29 is 9.13 Å². The van der Waals surface area contributed by atoms with Gasteiger partial charge in [0.1, 0.15) is 5.82 Å². The quantitative estimate of drug-likeness (QED) is 0.804. The minimum absolute atomic E-state index is 0.0827. The summed E-state index contributed by atoms with van der Waals surface area (Å²) in [7, 11) is 1.70. The van der Waals surface area contributed by atoms with Crippen LogP contribution in [0.15, 0.2) is 12.1 Å². The summed E-state index contributed by atoms with van der Waals surface area (Å²) >= 11 is 5.69. The number of halogens is 2. The molecule has 0 amide bonds. The number of nitrogens with two attached hydrogens (primary N) is 1. The summed E-state index contributed by atoms with van der Waals surface area (Å²) in [4.78, 5) is 0. The summed E-state index contributed by atoms with van der Waals surface area (Å²) in [6.45, 7) is 0. The normalized spacial score (nSPS) is 23.9. The molecule has 3 nitrogen and oxygen atoms in total. The number of nitrogens with one attached hydrogen (secondary N) is 1. The molecular formula is C11H14ClFN2O. The van der Waals surface area contributed by atoms with E-state index in [2.05, 4.69) is 5.32 Å². The van der Waals surface area contributed by atoms with Gasteiger partial charge in [0.25, 0.3) is 0 Å². The molecule has 0 atom stereocenters. The van der Waals surface area contributed by atoms with Gasteiger partial charge in [0, 0.05) is 19.2 Å². The van der Waals surface area contributed by atoms with E-state index in [1.807, 2.05) is 0 Å². The fraction of sp³-hybridized carbons (Fsp3) is 0.455. The standard InChI is InChI=1S/C11H14ClFN2O/c1-16-7-2-6(3-7)15-11-4-8(12)9(13)5-10(11)14/h4-7,15H,2-3,14H2,1H3. The zero-order valence-corrected chi connectivity index (χ0v) is 9.72. The number of ether oxygens (including phenoxy) is 1. The van der Waals surface area contributed by atoms with Crippen LogP contribution < -0.4 is 11.1 Å². The van der Waals surface area contributed by atoms with Crippen LogP contribution in [0.1, 0.15) is 12.8 Å². The SMILES string of the molecule is COC1CC(Nc2cc(Cl)c(F)cc2N)C1. The smallest absolute Gasteiger partial charge is 0.143 e. The van der Waals surface area contributed by atoms with Crippen molar-refractivity contribution in [2.75, 3.05) is 18.2 Å². The van der Waals surface area contributed by atoms with Crippen LogP contribution >= 0.6 is 11.6 Å². The van der Waals surface area contributed by atoms with Crippen LogP contribution in [-0.2, 0) is 4.74 Å². The maximum absolute atomic E-state index is 13.0. The molecule has 0 aromatic heterocycles. The van der Waals surface area contributed by atoms with E-state index in [1.165, 1.54) is 12.1 Å². The molecule has 0 spiro atoms. The Balaban J connectivity index is 2.02. The Morgan fingerprint density at radius 1 is 1.50 bits per heavy atom. The van der Waals surface area contributed by atoms with Gasteiger partial charge in [-0.15, -0.1) is 0 Å². The first-order valence-electron chi connectivity index (χ1n) is 5.14. The fourth-order valence-electron chi connectivity index (χ4n) is 1.78.